The van der Waals surface area contributed by atoms with Crippen molar-refractivity contribution in [3.63, 3.8) is 0 Å². The number of rotatable bonds is 12. The molecule has 0 aromatic carbocycles. The van der Waals surface area contributed by atoms with Gasteiger partial charge in [-0.25, -0.2) is 0 Å². The summed E-state index contributed by atoms with van der Waals surface area (Å²) in [7, 11) is 0. The molecule has 0 aliphatic carbocycles. The number of hydrogen-bond donors (Lipinski definition) is 2. The lowest BCUT2D eigenvalue weighted by molar-refractivity contribution is 0.377. The van der Waals surface area contributed by atoms with Crippen molar-refractivity contribution in [1.29, 1.82) is 0 Å². The van der Waals surface area contributed by atoms with Gasteiger partial charge in [0, 0.05) is 6.54 Å². The molecule has 0 saturated heterocycles. The van der Waals surface area contributed by atoms with Crippen LogP contribution in [0.5, 0.6) is 0 Å². The van der Waals surface area contributed by atoms with E-state index >= 15 is 0 Å². The molecule has 0 rings (SSSR count). The Bertz CT molecular complexity index is 198. The first-order valence-electron chi connectivity index (χ1n) is 7.76. The van der Waals surface area contributed by atoms with Crippen molar-refractivity contribution in [3.8, 4) is 0 Å². The standard InChI is InChI=1S/C15H33N3/c1-3-5-7-11-14(10-6-4-2)12-8-9-13-18-15(16)17/h14H,3-13H2,1-2H3,(H4,16,17,18). The molecule has 0 amide bonds. The zero-order chi connectivity index (χ0) is 13.6. The average Bonchev–Trinajstić information content (AvgIpc) is 2.34. The second-order valence-electron chi connectivity index (χ2n) is 5.31. The van der Waals surface area contributed by atoms with Gasteiger partial charge in [0.05, 0.1) is 0 Å². The molecule has 3 heteroatoms. The first kappa shape index (κ1) is 17.3. The zero-order valence-corrected chi connectivity index (χ0v) is 12.5. The summed E-state index contributed by atoms with van der Waals surface area (Å²) in [5.41, 5.74) is 10.6. The predicted octanol–water partition coefficient (Wildman–Crippen LogP) is 3.82. The number of unbranched alkanes of at least 4 members (excludes halogenated alkanes) is 4. The van der Waals surface area contributed by atoms with Crippen LogP contribution in [-0.4, -0.2) is 12.5 Å². The Morgan fingerprint density at radius 1 is 0.833 bits per heavy atom. The van der Waals surface area contributed by atoms with Gasteiger partial charge in [0.2, 0.25) is 0 Å². The summed E-state index contributed by atoms with van der Waals surface area (Å²) in [4.78, 5) is 4.03. The first-order valence-corrected chi connectivity index (χ1v) is 7.76. The van der Waals surface area contributed by atoms with E-state index < -0.39 is 0 Å². The summed E-state index contributed by atoms with van der Waals surface area (Å²) in [6.07, 6.45) is 13.4. The summed E-state index contributed by atoms with van der Waals surface area (Å²) in [6, 6.07) is 0. The zero-order valence-electron chi connectivity index (χ0n) is 12.5. The highest BCUT2D eigenvalue weighted by molar-refractivity contribution is 5.75. The summed E-state index contributed by atoms with van der Waals surface area (Å²) in [6.45, 7) is 5.34. The lowest BCUT2D eigenvalue weighted by Gasteiger charge is -2.16. The van der Waals surface area contributed by atoms with Gasteiger partial charge < -0.3 is 11.5 Å². The van der Waals surface area contributed by atoms with Crippen LogP contribution in [0.25, 0.3) is 0 Å². The third-order valence-corrected chi connectivity index (χ3v) is 3.50. The molecule has 0 aromatic rings. The van der Waals surface area contributed by atoms with Gasteiger partial charge in [0.1, 0.15) is 0 Å². The molecular formula is C15H33N3. The van der Waals surface area contributed by atoms with E-state index in [0.717, 1.165) is 18.9 Å². The van der Waals surface area contributed by atoms with E-state index in [9.17, 15) is 0 Å². The van der Waals surface area contributed by atoms with Gasteiger partial charge in [-0.1, -0.05) is 71.6 Å². The van der Waals surface area contributed by atoms with Crippen LogP contribution in [0.4, 0.5) is 0 Å². The second-order valence-corrected chi connectivity index (χ2v) is 5.31. The molecule has 0 spiro atoms. The van der Waals surface area contributed by atoms with Crippen LogP contribution in [0, 0.1) is 5.92 Å². The van der Waals surface area contributed by atoms with Crippen LogP contribution in [-0.2, 0) is 0 Å². The summed E-state index contributed by atoms with van der Waals surface area (Å²) < 4.78 is 0. The molecule has 3 nitrogen and oxygen atoms in total. The fourth-order valence-corrected chi connectivity index (χ4v) is 2.36. The van der Waals surface area contributed by atoms with Crippen LogP contribution in [0.3, 0.4) is 0 Å². The van der Waals surface area contributed by atoms with Crippen LogP contribution < -0.4 is 11.5 Å². The summed E-state index contributed by atoms with van der Waals surface area (Å²) >= 11 is 0. The normalized spacial score (nSPS) is 12.3. The largest absolute Gasteiger partial charge is 0.370 e. The molecule has 0 aromatic heterocycles. The molecule has 4 N–H and O–H groups in total. The van der Waals surface area contributed by atoms with E-state index in [2.05, 4.69) is 18.8 Å². The Kier molecular flexibility index (Phi) is 12.2. The third-order valence-electron chi connectivity index (χ3n) is 3.50. The molecule has 0 saturated carbocycles. The van der Waals surface area contributed by atoms with Crippen molar-refractivity contribution < 1.29 is 0 Å². The van der Waals surface area contributed by atoms with Crippen molar-refractivity contribution in [3.05, 3.63) is 0 Å². The van der Waals surface area contributed by atoms with Gasteiger partial charge in [-0.05, 0) is 12.3 Å². The number of nitrogens with zero attached hydrogens (tertiary/aromatic N) is 1. The molecule has 0 bridgehead atoms. The number of hydrogen-bond acceptors (Lipinski definition) is 1. The lowest BCUT2D eigenvalue weighted by Crippen LogP contribution is -2.22. The molecule has 0 fully saturated rings. The minimum absolute atomic E-state index is 0.223. The maximum absolute atomic E-state index is 5.31. The van der Waals surface area contributed by atoms with Crippen LogP contribution in [0.2, 0.25) is 0 Å². The fraction of sp³-hybridized carbons (Fsp3) is 0.933. The second kappa shape index (κ2) is 12.7. The number of nitrogens with two attached hydrogens (primary N) is 2. The maximum atomic E-state index is 5.31. The topological polar surface area (TPSA) is 64.4 Å². The predicted molar refractivity (Wildman–Crippen MR) is 81.7 cm³/mol. The molecule has 1 unspecified atom stereocenters. The van der Waals surface area contributed by atoms with Gasteiger partial charge in [-0.15, -0.1) is 0 Å². The van der Waals surface area contributed by atoms with Gasteiger partial charge in [0.15, 0.2) is 5.96 Å². The van der Waals surface area contributed by atoms with Crippen molar-refractivity contribution in [2.24, 2.45) is 22.4 Å². The molecule has 18 heavy (non-hydrogen) atoms. The molecule has 108 valence electrons. The molecular weight excluding hydrogens is 222 g/mol. The maximum Gasteiger partial charge on any atom is 0.185 e. The van der Waals surface area contributed by atoms with Crippen molar-refractivity contribution in [2.45, 2.75) is 78.1 Å². The Hall–Kier alpha value is -0.730. The fourth-order valence-electron chi connectivity index (χ4n) is 2.36. The smallest absolute Gasteiger partial charge is 0.185 e. The highest BCUT2D eigenvalue weighted by Gasteiger charge is 2.07. The molecule has 1 atom stereocenters. The van der Waals surface area contributed by atoms with Gasteiger partial charge in [0.25, 0.3) is 0 Å². The summed E-state index contributed by atoms with van der Waals surface area (Å²) in [5, 5.41) is 0. The lowest BCUT2D eigenvalue weighted by atomic mass is 9.91. The van der Waals surface area contributed by atoms with E-state index in [4.69, 9.17) is 11.5 Å². The van der Waals surface area contributed by atoms with E-state index in [1.54, 1.807) is 0 Å². The van der Waals surface area contributed by atoms with Crippen LogP contribution in [0.1, 0.15) is 78.1 Å². The van der Waals surface area contributed by atoms with Gasteiger partial charge in [-0.2, -0.15) is 0 Å². The Balaban J connectivity index is 3.67. The van der Waals surface area contributed by atoms with E-state index in [1.807, 2.05) is 0 Å². The Morgan fingerprint density at radius 2 is 1.39 bits per heavy atom. The van der Waals surface area contributed by atoms with Gasteiger partial charge in [-0.3, -0.25) is 4.99 Å². The van der Waals surface area contributed by atoms with E-state index in [-0.39, 0.29) is 5.96 Å². The Labute approximate surface area is 113 Å². The summed E-state index contributed by atoms with van der Waals surface area (Å²) in [5.74, 6) is 1.15. The third kappa shape index (κ3) is 11.7. The Morgan fingerprint density at radius 3 is 1.94 bits per heavy atom. The average molecular weight is 255 g/mol. The highest BCUT2D eigenvalue weighted by Crippen LogP contribution is 2.22. The first-order chi connectivity index (χ1) is 8.70. The minimum Gasteiger partial charge on any atom is -0.370 e. The quantitative estimate of drug-likeness (QED) is 0.316. The monoisotopic (exact) mass is 255 g/mol. The van der Waals surface area contributed by atoms with E-state index in [1.165, 1.54) is 57.8 Å². The number of aliphatic imine (C=N–C) groups is 1. The molecule has 0 aliphatic rings. The molecule has 0 radical (unpaired) electrons. The SMILES string of the molecule is CCCCCC(CCCC)CCCCN=C(N)N. The number of guanidine groups is 1. The van der Waals surface area contributed by atoms with E-state index in [0.29, 0.717) is 0 Å². The highest BCUT2D eigenvalue weighted by atomic mass is 15.0. The molecule has 0 heterocycles. The molecule has 0 aliphatic heterocycles. The van der Waals surface area contributed by atoms with Crippen molar-refractivity contribution in [1.82, 2.24) is 0 Å². The van der Waals surface area contributed by atoms with Crippen molar-refractivity contribution in [2.75, 3.05) is 6.54 Å². The van der Waals surface area contributed by atoms with Crippen LogP contribution in [0.15, 0.2) is 4.99 Å². The minimum atomic E-state index is 0.223. The van der Waals surface area contributed by atoms with Crippen molar-refractivity contribution >= 4 is 5.96 Å². The van der Waals surface area contributed by atoms with Gasteiger partial charge >= 0.3 is 0 Å². The van der Waals surface area contributed by atoms with Crippen LogP contribution >= 0.6 is 0 Å².